The SMILES string of the molecule is C=Cc1ccccc1[Si](OCCCCC)(c1ccccc1)N(CC)CC. The van der Waals surface area contributed by atoms with E-state index in [2.05, 4.69) is 86.5 Å². The van der Waals surface area contributed by atoms with Gasteiger partial charge in [-0.1, -0.05) is 101 Å². The molecule has 0 N–H and O–H groups in total. The molecule has 0 aliphatic heterocycles. The molecule has 2 rings (SSSR count). The molecule has 1 unspecified atom stereocenters. The van der Waals surface area contributed by atoms with Crippen LogP contribution in [0.4, 0.5) is 0 Å². The topological polar surface area (TPSA) is 12.5 Å². The van der Waals surface area contributed by atoms with E-state index in [-0.39, 0.29) is 0 Å². The van der Waals surface area contributed by atoms with E-state index in [1.54, 1.807) is 0 Å². The molecule has 3 heteroatoms. The van der Waals surface area contributed by atoms with Crippen LogP contribution in [0.25, 0.3) is 6.08 Å². The van der Waals surface area contributed by atoms with Crippen molar-refractivity contribution in [3.63, 3.8) is 0 Å². The minimum atomic E-state index is -2.53. The van der Waals surface area contributed by atoms with E-state index in [1.165, 1.54) is 28.8 Å². The van der Waals surface area contributed by atoms with E-state index in [0.717, 1.165) is 26.1 Å². The largest absolute Gasteiger partial charge is 0.396 e. The summed E-state index contributed by atoms with van der Waals surface area (Å²) in [7, 11) is -2.53. The van der Waals surface area contributed by atoms with E-state index in [9.17, 15) is 0 Å². The van der Waals surface area contributed by atoms with E-state index < -0.39 is 8.48 Å². The van der Waals surface area contributed by atoms with Crippen molar-refractivity contribution >= 4 is 24.9 Å². The van der Waals surface area contributed by atoms with E-state index in [4.69, 9.17) is 4.43 Å². The normalized spacial score (nSPS) is 13.5. The van der Waals surface area contributed by atoms with Gasteiger partial charge in [0.2, 0.25) is 0 Å². The van der Waals surface area contributed by atoms with Gasteiger partial charge in [-0.2, -0.15) is 0 Å². The van der Waals surface area contributed by atoms with Gasteiger partial charge in [0, 0.05) is 6.61 Å². The molecule has 0 aliphatic carbocycles. The Balaban J connectivity index is 2.64. The number of nitrogens with zero attached hydrogens (tertiary/aromatic N) is 1. The molecule has 0 aliphatic rings. The highest BCUT2D eigenvalue weighted by Crippen LogP contribution is 2.17. The lowest BCUT2D eigenvalue weighted by Gasteiger charge is -2.41. The number of rotatable bonds is 11. The molecule has 0 fully saturated rings. The molecule has 0 saturated heterocycles. The Labute approximate surface area is 160 Å². The average Bonchev–Trinajstić information content (AvgIpc) is 2.71. The minimum absolute atomic E-state index is 0.803. The molecular formula is C23H33NOSi. The molecule has 2 aromatic rings. The van der Waals surface area contributed by atoms with Gasteiger partial charge in [0.1, 0.15) is 0 Å². The fraction of sp³-hybridized carbons (Fsp3) is 0.391. The molecule has 0 radical (unpaired) electrons. The third kappa shape index (κ3) is 4.34. The highest BCUT2D eigenvalue weighted by Gasteiger charge is 2.46. The van der Waals surface area contributed by atoms with Crippen LogP contribution in [0.2, 0.25) is 0 Å². The molecule has 2 nitrogen and oxygen atoms in total. The van der Waals surface area contributed by atoms with Gasteiger partial charge in [-0.3, -0.25) is 4.57 Å². The van der Waals surface area contributed by atoms with Crippen LogP contribution >= 0.6 is 0 Å². The predicted molar refractivity (Wildman–Crippen MR) is 116 cm³/mol. The molecule has 0 bridgehead atoms. The molecule has 0 amide bonds. The van der Waals surface area contributed by atoms with Crippen LogP contribution < -0.4 is 10.4 Å². The van der Waals surface area contributed by atoms with Crippen molar-refractivity contribution < 1.29 is 4.43 Å². The average molecular weight is 368 g/mol. The second-order valence-electron chi connectivity index (χ2n) is 6.53. The van der Waals surface area contributed by atoms with Crippen molar-refractivity contribution in [2.75, 3.05) is 19.7 Å². The summed E-state index contributed by atoms with van der Waals surface area (Å²) in [5, 5.41) is 2.62. The van der Waals surface area contributed by atoms with Crippen LogP contribution in [0.15, 0.2) is 61.2 Å². The highest BCUT2D eigenvalue weighted by atomic mass is 28.4. The summed E-state index contributed by atoms with van der Waals surface area (Å²) >= 11 is 0. The van der Waals surface area contributed by atoms with Crippen LogP contribution in [-0.4, -0.2) is 32.7 Å². The standard InChI is InChI=1S/C23H33NOSi/c1-5-9-15-20-25-26(24(7-3)8-4,22-17-11-10-12-18-22)23-19-14-13-16-21(23)6-2/h6,10-14,16-19H,2,5,7-9,15,20H2,1,3-4H3. The fourth-order valence-electron chi connectivity index (χ4n) is 3.65. The van der Waals surface area contributed by atoms with Gasteiger partial charge in [-0.25, -0.2) is 0 Å². The summed E-state index contributed by atoms with van der Waals surface area (Å²) in [6.45, 7) is 13.5. The Bertz CT molecular complexity index is 669. The van der Waals surface area contributed by atoms with Crippen molar-refractivity contribution in [1.82, 2.24) is 4.57 Å². The first-order valence-electron chi connectivity index (χ1n) is 9.91. The second kappa shape index (κ2) is 10.5. The molecular weight excluding hydrogens is 334 g/mol. The Morgan fingerprint density at radius 2 is 1.58 bits per heavy atom. The molecule has 0 heterocycles. The Kier molecular flexibility index (Phi) is 8.30. The van der Waals surface area contributed by atoms with Gasteiger partial charge in [-0.15, -0.1) is 0 Å². The first-order chi connectivity index (χ1) is 12.7. The fourth-order valence-corrected chi connectivity index (χ4v) is 8.04. The number of hydrogen-bond donors (Lipinski definition) is 0. The zero-order valence-electron chi connectivity index (χ0n) is 16.6. The lowest BCUT2D eigenvalue weighted by molar-refractivity contribution is 0.253. The lowest BCUT2D eigenvalue weighted by atomic mass is 10.2. The van der Waals surface area contributed by atoms with Gasteiger partial charge >= 0.3 is 8.48 Å². The zero-order valence-corrected chi connectivity index (χ0v) is 17.6. The van der Waals surface area contributed by atoms with Crippen molar-refractivity contribution in [3.8, 4) is 0 Å². The first-order valence-corrected chi connectivity index (χ1v) is 11.8. The molecule has 140 valence electrons. The van der Waals surface area contributed by atoms with Crippen molar-refractivity contribution in [1.29, 1.82) is 0 Å². The van der Waals surface area contributed by atoms with E-state index >= 15 is 0 Å². The maximum Gasteiger partial charge on any atom is 0.339 e. The van der Waals surface area contributed by atoms with Crippen LogP contribution in [0, 0.1) is 0 Å². The summed E-state index contributed by atoms with van der Waals surface area (Å²) in [6.07, 6.45) is 5.49. The van der Waals surface area contributed by atoms with Gasteiger partial charge in [0.15, 0.2) is 0 Å². The maximum absolute atomic E-state index is 6.91. The van der Waals surface area contributed by atoms with Crippen LogP contribution in [0.5, 0.6) is 0 Å². The summed E-state index contributed by atoms with van der Waals surface area (Å²) in [4.78, 5) is 0. The first kappa shape index (κ1) is 20.6. The summed E-state index contributed by atoms with van der Waals surface area (Å²) in [5.41, 5.74) is 1.19. The number of hydrogen-bond acceptors (Lipinski definition) is 2. The summed E-state index contributed by atoms with van der Waals surface area (Å²) in [6, 6.07) is 19.4. The van der Waals surface area contributed by atoms with Crippen LogP contribution in [0.1, 0.15) is 45.6 Å². The smallest absolute Gasteiger partial charge is 0.339 e. The van der Waals surface area contributed by atoms with E-state index in [1.807, 2.05) is 6.08 Å². The molecule has 1 atom stereocenters. The molecule has 2 aromatic carbocycles. The molecule has 26 heavy (non-hydrogen) atoms. The van der Waals surface area contributed by atoms with Crippen molar-refractivity contribution in [2.24, 2.45) is 0 Å². The maximum atomic E-state index is 6.91. The van der Waals surface area contributed by atoms with Gasteiger partial charge < -0.3 is 4.43 Å². The predicted octanol–water partition coefficient (Wildman–Crippen LogP) is 4.43. The molecule has 0 spiro atoms. The Morgan fingerprint density at radius 3 is 2.19 bits per heavy atom. The van der Waals surface area contributed by atoms with Gasteiger partial charge in [-0.05, 0) is 35.4 Å². The molecule has 0 aromatic heterocycles. The third-order valence-corrected chi connectivity index (χ3v) is 9.42. The number of benzene rings is 2. The van der Waals surface area contributed by atoms with Crippen LogP contribution in [-0.2, 0) is 4.43 Å². The third-order valence-electron chi connectivity index (χ3n) is 4.98. The van der Waals surface area contributed by atoms with Crippen molar-refractivity contribution in [2.45, 2.75) is 40.0 Å². The Hall–Kier alpha value is -1.68. The summed E-state index contributed by atoms with van der Waals surface area (Å²) < 4.78 is 9.46. The lowest BCUT2D eigenvalue weighted by Crippen LogP contribution is -2.72. The highest BCUT2D eigenvalue weighted by molar-refractivity contribution is 6.95. The van der Waals surface area contributed by atoms with Crippen LogP contribution in [0.3, 0.4) is 0 Å². The van der Waals surface area contributed by atoms with E-state index in [0.29, 0.717) is 0 Å². The quantitative estimate of drug-likeness (QED) is 0.430. The molecule has 0 saturated carbocycles. The van der Waals surface area contributed by atoms with Gasteiger partial charge in [0.05, 0.1) is 0 Å². The minimum Gasteiger partial charge on any atom is -0.396 e. The number of unbranched alkanes of at least 4 members (excludes halogenated alkanes) is 2. The second-order valence-corrected chi connectivity index (χ2v) is 9.85. The zero-order chi connectivity index (χ0) is 18.8. The van der Waals surface area contributed by atoms with Gasteiger partial charge in [0.25, 0.3) is 0 Å². The monoisotopic (exact) mass is 367 g/mol. The Morgan fingerprint density at radius 1 is 0.923 bits per heavy atom. The van der Waals surface area contributed by atoms with Crippen molar-refractivity contribution in [3.05, 3.63) is 66.7 Å². The summed E-state index contributed by atoms with van der Waals surface area (Å²) in [5.74, 6) is 0.